The van der Waals surface area contributed by atoms with Crippen LogP contribution in [0.3, 0.4) is 0 Å². The molecule has 1 aliphatic carbocycles. The minimum absolute atomic E-state index is 0.334. The number of rotatable bonds is 3. The van der Waals surface area contributed by atoms with E-state index >= 15 is 0 Å². The molecule has 0 unspecified atom stereocenters. The van der Waals surface area contributed by atoms with Crippen molar-refractivity contribution in [2.75, 3.05) is 0 Å². The predicted octanol–water partition coefficient (Wildman–Crippen LogP) is 1.06. The van der Waals surface area contributed by atoms with E-state index in [1.807, 2.05) is 0 Å². The number of hydrogen-bond donors (Lipinski definition) is 1. The molecule has 88 valence electrons. The van der Waals surface area contributed by atoms with Gasteiger partial charge in [-0.2, -0.15) is 0 Å². The molecule has 1 aromatic heterocycles. The number of nitrogens with one attached hydrogen (secondary N) is 1. The van der Waals surface area contributed by atoms with Gasteiger partial charge in [0.05, 0.1) is 16.5 Å². The summed E-state index contributed by atoms with van der Waals surface area (Å²) in [5, 5.41) is 0.344. The molecule has 1 fully saturated rings. The summed E-state index contributed by atoms with van der Waals surface area (Å²) in [5.74, 6) is -0.572. The van der Waals surface area contributed by atoms with Gasteiger partial charge in [0.15, 0.2) is 0 Å². The van der Waals surface area contributed by atoms with E-state index in [0.717, 1.165) is 11.4 Å². The van der Waals surface area contributed by atoms with Gasteiger partial charge in [0.25, 0.3) is 5.91 Å². The number of nitrogens with zero attached hydrogens (tertiary/aromatic N) is 1. The van der Waals surface area contributed by atoms with Crippen LogP contribution in [-0.4, -0.2) is 24.6 Å². The zero-order valence-electron chi connectivity index (χ0n) is 8.76. The summed E-state index contributed by atoms with van der Waals surface area (Å²) < 4.78 is 25.4. The molecule has 7 heteroatoms. The summed E-state index contributed by atoms with van der Waals surface area (Å²) in [6.07, 6.45) is 3.60. The molecule has 1 aliphatic rings. The number of carbonyl (C=O) groups excluding carboxylic acids is 1. The molecule has 1 amide bonds. The molecule has 0 bridgehead atoms. The minimum atomic E-state index is -3.48. The van der Waals surface area contributed by atoms with Crippen LogP contribution in [0.5, 0.6) is 0 Å². The fourth-order valence-corrected chi connectivity index (χ4v) is 3.64. The van der Waals surface area contributed by atoms with E-state index in [4.69, 9.17) is 0 Å². The lowest BCUT2D eigenvalue weighted by atomic mass is 10.0. The summed E-state index contributed by atoms with van der Waals surface area (Å²) >= 11 is 1.19. The summed E-state index contributed by atoms with van der Waals surface area (Å²) in [6, 6.07) is 0. The maximum Gasteiger partial charge on any atom is 0.276 e. The lowest BCUT2D eigenvalue weighted by Crippen LogP contribution is -2.41. The second-order valence-corrected chi connectivity index (χ2v) is 6.97. The largest absolute Gasteiger partial charge is 0.276 e. The molecule has 0 spiro atoms. The molecule has 0 aliphatic heterocycles. The molecule has 1 heterocycles. The van der Waals surface area contributed by atoms with Gasteiger partial charge in [-0.25, -0.2) is 18.1 Å². The first kappa shape index (κ1) is 11.5. The highest BCUT2D eigenvalue weighted by Gasteiger charge is 2.32. The summed E-state index contributed by atoms with van der Waals surface area (Å²) in [5.41, 5.74) is 0. The van der Waals surface area contributed by atoms with E-state index in [9.17, 15) is 13.2 Å². The predicted molar refractivity (Wildman–Crippen MR) is 60.9 cm³/mol. The van der Waals surface area contributed by atoms with Crippen LogP contribution in [0.25, 0.3) is 0 Å². The van der Waals surface area contributed by atoms with Crippen molar-refractivity contribution in [3.05, 3.63) is 16.1 Å². The number of aryl methyl sites for hydroxylation is 1. The van der Waals surface area contributed by atoms with Crippen LogP contribution < -0.4 is 4.72 Å². The number of hydrogen-bond acceptors (Lipinski definition) is 5. The Hall–Kier alpha value is -0.950. The molecule has 1 N–H and O–H groups in total. The quantitative estimate of drug-likeness (QED) is 0.881. The number of sulfonamides is 1. The Morgan fingerprint density at radius 1 is 1.56 bits per heavy atom. The van der Waals surface area contributed by atoms with Gasteiger partial charge < -0.3 is 0 Å². The van der Waals surface area contributed by atoms with Gasteiger partial charge in [-0.05, 0) is 19.8 Å². The molecular weight excluding hydrogens is 248 g/mol. The van der Waals surface area contributed by atoms with E-state index < -0.39 is 21.2 Å². The van der Waals surface area contributed by atoms with Crippen molar-refractivity contribution in [3.63, 3.8) is 0 Å². The smallest absolute Gasteiger partial charge is 0.267 e. The zero-order valence-corrected chi connectivity index (χ0v) is 10.4. The zero-order chi connectivity index (χ0) is 11.8. The highest BCUT2D eigenvalue weighted by molar-refractivity contribution is 7.90. The molecule has 0 atom stereocenters. The molecule has 5 nitrogen and oxygen atoms in total. The van der Waals surface area contributed by atoms with Gasteiger partial charge in [0.2, 0.25) is 10.0 Å². The van der Waals surface area contributed by atoms with Gasteiger partial charge in [-0.15, -0.1) is 11.3 Å². The average molecular weight is 260 g/mol. The Labute approximate surface area is 97.9 Å². The normalized spacial score (nSPS) is 16.8. The van der Waals surface area contributed by atoms with E-state index in [0.29, 0.717) is 17.7 Å². The fraction of sp³-hybridized carbons (Fsp3) is 0.556. The lowest BCUT2D eigenvalue weighted by molar-refractivity contribution is 0.0984. The second-order valence-electron chi connectivity index (χ2n) is 3.77. The van der Waals surface area contributed by atoms with Crippen LogP contribution in [0.15, 0.2) is 6.20 Å². The van der Waals surface area contributed by atoms with Crippen LogP contribution >= 0.6 is 11.3 Å². The second kappa shape index (κ2) is 4.14. The number of carbonyl (C=O) groups is 1. The molecule has 0 saturated heterocycles. The maximum atomic E-state index is 11.7. The molecule has 0 aromatic carbocycles. The summed E-state index contributed by atoms with van der Waals surface area (Å²) in [7, 11) is -3.48. The fourth-order valence-electron chi connectivity index (χ4n) is 1.41. The lowest BCUT2D eigenvalue weighted by Gasteiger charge is -2.24. The van der Waals surface area contributed by atoms with Crippen LogP contribution in [0.2, 0.25) is 0 Å². The van der Waals surface area contributed by atoms with Crippen molar-refractivity contribution >= 4 is 27.3 Å². The summed E-state index contributed by atoms with van der Waals surface area (Å²) in [4.78, 5) is 15.8. The Balaban J connectivity index is 2.07. The maximum absolute atomic E-state index is 11.7. The highest BCUT2D eigenvalue weighted by Crippen LogP contribution is 2.25. The van der Waals surface area contributed by atoms with Crippen LogP contribution in [0.4, 0.5) is 0 Å². The first-order valence-electron chi connectivity index (χ1n) is 4.97. The minimum Gasteiger partial charge on any atom is -0.267 e. The van der Waals surface area contributed by atoms with Gasteiger partial charge in [0, 0.05) is 0 Å². The van der Waals surface area contributed by atoms with Crippen molar-refractivity contribution in [2.45, 2.75) is 31.4 Å². The first-order chi connectivity index (χ1) is 7.49. The van der Waals surface area contributed by atoms with Crippen LogP contribution in [0.1, 0.15) is 33.9 Å². The number of aromatic nitrogens is 1. The van der Waals surface area contributed by atoms with E-state index in [1.165, 1.54) is 17.5 Å². The number of thiazole rings is 1. The third-order valence-electron chi connectivity index (χ3n) is 2.57. The first-order valence-corrected chi connectivity index (χ1v) is 7.34. The summed E-state index contributed by atoms with van der Waals surface area (Å²) in [6.45, 7) is 1.77. The van der Waals surface area contributed by atoms with Crippen molar-refractivity contribution in [1.82, 2.24) is 9.71 Å². The Morgan fingerprint density at radius 3 is 2.69 bits per heavy atom. The van der Waals surface area contributed by atoms with E-state index in [2.05, 4.69) is 9.71 Å². The van der Waals surface area contributed by atoms with Crippen molar-refractivity contribution in [2.24, 2.45) is 0 Å². The van der Waals surface area contributed by atoms with E-state index in [1.54, 1.807) is 6.92 Å². The Kier molecular flexibility index (Phi) is 2.98. The third-order valence-corrected chi connectivity index (χ3v) is 5.30. The van der Waals surface area contributed by atoms with Crippen molar-refractivity contribution < 1.29 is 13.2 Å². The van der Waals surface area contributed by atoms with Gasteiger partial charge in [0.1, 0.15) is 4.88 Å². The SMILES string of the molecule is Cc1ncc(C(=O)NS(=O)(=O)C2CCC2)s1. The van der Waals surface area contributed by atoms with Gasteiger partial charge >= 0.3 is 0 Å². The van der Waals surface area contributed by atoms with E-state index in [-0.39, 0.29) is 0 Å². The van der Waals surface area contributed by atoms with Crippen molar-refractivity contribution in [3.8, 4) is 0 Å². The molecule has 0 radical (unpaired) electrons. The van der Waals surface area contributed by atoms with Crippen LogP contribution in [0, 0.1) is 6.92 Å². The monoisotopic (exact) mass is 260 g/mol. The third kappa shape index (κ3) is 2.25. The Morgan fingerprint density at radius 2 is 2.25 bits per heavy atom. The molecular formula is C9H12N2O3S2. The van der Waals surface area contributed by atoms with Gasteiger partial charge in [-0.3, -0.25) is 4.79 Å². The van der Waals surface area contributed by atoms with Crippen molar-refractivity contribution in [1.29, 1.82) is 0 Å². The molecule has 16 heavy (non-hydrogen) atoms. The average Bonchev–Trinajstić information content (AvgIpc) is 2.46. The standard InChI is InChI=1S/C9H12N2O3S2/c1-6-10-5-8(15-6)9(12)11-16(13,14)7-3-2-4-7/h5,7H,2-4H2,1H3,(H,11,12). The van der Waals surface area contributed by atoms with Gasteiger partial charge in [-0.1, -0.05) is 6.42 Å². The topological polar surface area (TPSA) is 76.1 Å². The highest BCUT2D eigenvalue weighted by atomic mass is 32.2. The number of amides is 1. The molecule has 1 saturated carbocycles. The molecule has 2 rings (SSSR count). The molecule has 1 aromatic rings. The Bertz CT molecular complexity index is 503. The van der Waals surface area contributed by atoms with Crippen LogP contribution in [-0.2, 0) is 10.0 Å².